The van der Waals surface area contributed by atoms with Crippen LogP contribution in [0.4, 0.5) is 4.79 Å². The first-order chi connectivity index (χ1) is 6.22. The number of carbonyl (C=O) groups excluding carboxylic acids is 2. The number of amides is 3. The molecule has 0 aliphatic carbocycles. The summed E-state index contributed by atoms with van der Waals surface area (Å²) in [5.41, 5.74) is 0. The van der Waals surface area contributed by atoms with Gasteiger partial charge in [0.05, 0.1) is 6.34 Å². The van der Waals surface area contributed by atoms with Crippen molar-refractivity contribution in [2.75, 3.05) is 6.54 Å². The maximum Gasteiger partial charge on any atom is 0.323 e. The maximum absolute atomic E-state index is 11.3. The minimum atomic E-state index is -0.491. The molecule has 1 saturated heterocycles. The lowest BCUT2D eigenvalue weighted by molar-refractivity contribution is -0.125. The highest BCUT2D eigenvalue weighted by molar-refractivity contribution is 6.01. The Hall–Kier alpha value is -1.59. The van der Waals surface area contributed by atoms with Crippen LogP contribution >= 0.6 is 0 Å². The van der Waals surface area contributed by atoms with Crippen LogP contribution < -0.4 is 10.6 Å². The van der Waals surface area contributed by atoms with Gasteiger partial charge in [-0.05, 0) is 6.92 Å². The van der Waals surface area contributed by atoms with Crippen LogP contribution in [0.2, 0.25) is 0 Å². The van der Waals surface area contributed by atoms with Gasteiger partial charge in [-0.2, -0.15) is 0 Å². The maximum atomic E-state index is 11.3. The van der Waals surface area contributed by atoms with E-state index in [1.807, 2.05) is 0 Å². The Morgan fingerprint density at radius 1 is 1.62 bits per heavy atom. The van der Waals surface area contributed by atoms with Gasteiger partial charge in [0.15, 0.2) is 12.2 Å². The average Bonchev–Trinajstić information content (AvgIpc) is 2.47. The Morgan fingerprint density at radius 3 is 3.08 bits per heavy atom. The number of hydrogen-bond donors (Lipinski definition) is 2. The largest absolute Gasteiger partial charge is 0.347 e. The SMILES string of the molecule is [CH2]CN1C=NC2NC(=O)NC(=O)C21. The summed E-state index contributed by atoms with van der Waals surface area (Å²) in [7, 11) is 0. The topological polar surface area (TPSA) is 73.8 Å². The summed E-state index contributed by atoms with van der Waals surface area (Å²) in [6.45, 7) is 4.11. The second-order valence-corrected chi connectivity index (χ2v) is 2.85. The molecule has 2 unspecified atom stereocenters. The van der Waals surface area contributed by atoms with E-state index in [4.69, 9.17) is 0 Å². The van der Waals surface area contributed by atoms with Gasteiger partial charge in [-0.3, -0.25) is 10.1 Å². The molecule has 0 aromatic rings. The number of aliphatic imine (C=N–C) groups is 1. The lowest BCUT2D eigenvalue weighted by Gasteiger charge is -2.29. The molecule has 6 nitrogen and oxygen atoms in total. The molecule has 1 radical (unpaired) electrons. The fourth-order valence-electron chi connectivity index (χ4n) is 1.46. The first-order valence-electron chi connectivity index (χ1n) is 3.92. The predicted octanol–water partition coefficient (Wildman–Crippen LogP) is -1.30. The van der Waals surface area contributed by atoms with Crippen molar-refractivity contribution in [2.24, 2.45) is 4.99 Å². The Morgan fingerprint density at radius 2 is 2.38 bits per heavy atom. The van der Waals surface area contributed by atoms with Crippen LogP contribution in [0.15, 0.2) is 4.99 Å². The average molecular weight is 181 g/mol. The first kappa shape index (κ1) is 8.03. The van der Waals surface area contributed by atoms with Gasteiger partial charge in [-0.15, -0.1) is 0 Å². The zero-order valence-electron chi connectivity index (χ0n) is 6.86. The van der Waals surface area contributed by atoms with Crippen LogP contribution in [0, 0.1) is 6.92 Å². The van der Waals surface area contributed by atoms with Crippen molar-refractivity contribution >= 4 is 18.3 Å². The van der Waals surface area contributed by atoms with Crippen molar-refractivity contribution in [3.8, 4) is 0 Å². The van der Waals surface area contributed by atoms with Crippen molar-refractivity contribution < 1.29 is 9.59 Å². The lowest BCUT2D eigenvalue weighted by Crippen LogP contribution is -2.62. The number of rotatable bonds is 1. The Kier molecular flexibility index (Phi) is 1.68. The first-order valence-corrected chi connectivity index (χ1v) is 3.92. The minimum Gasteiger partial charge on any atom is -0.347 e. The third-order valence-electron chi connectivity index (χ3n) is 2.07. The standard InChI is InChI=1S/C7H9N4O2/c1-2-11-3-8-5-4(11)6(12)10-7(13)9-5/h3-5H,1-2H2,(H2,9,10,12,13). The molecule has 2 heterocycles. The molecule has 2 rings (SSSR count). The van der Waals surface area contributed by atoms with E-state index in [-0.39, 0.29) is 5.91 Å². The summed E-state index contributed by atoms with van der Waals surface area (Å²) in [6.07, 6.45) is 1.08. The summed E-state index contributed by atoms with van der Waals surface area (Å²) in [6, 6.07) is -0.926. The molecule has 2 atom stereocenters. The van der Waals surface area contributed by atoms with E-state index in [1.165, 1.54) is 6.34 Å². The molecule has 6 heteroatoms. The summed E-state index contributed by atoms with van der Waals surface area (Å²) < 4.78 is 0. The monoisotopic (exact) mass is 181 g/mol. The third kappa shape index (κ3) is 1.14. The molecule has 2 aliphatic rings. The molecular weight excluding hydrogens is 172 g/mol. The van der Waals surface area contributed by atoms with E-state index in [1.54, 1.807) is 4.90 Å². The Balaban J connectivity index is 2.20. The van der Waals surface area contributed by atoms with Gasteiger partial charge in [0.25, 0.3) is 5.91 Å². The highest BCUT2D eigenvalue weighted by atomic mass is 16.2. The van der Waals surface area contributed by atoms with Gasteiger partial charge in [-0.25, -0.2) is 9.79 Å². The number of nitrogens with one attached hydrogen (secondary N) is 2. The quantitative estimate of drug-likeness (QED) is 0.528. The van der Waals surface area contributed by atoms with Crippen LogP contribution in [-0.4, -0.2) is 41.9 Å². The molecule has 1 fully saturated rings. The Labute approximate surface area is 75.0 Å². The third-order valence-corrected chi connectivity index (χ3v) is 2.07. The highest BCUT2D eigenvalue weighted by Crippen LogP contribution is 2.13. The molecule has 0 saturated carbocycles. The van der Waals surface area contributed by atoms with Crippen molar-refractivity contribution in [1.82, 2.24) is 15.5 Å². The molecule has 0 spiro atoms. The van der Waals surface area contributed by atoms with Crippen LogP contribution in [0.3, 0.4) is 0 Å². The van der Waals surface area contributed by atoms with Crippen molar-refractivity contribution in [3.05, 3.63) is 6.92 Å². The molecule has 0 bridgehead atoms. The van der Waals surface area contributed by atoms with Gasteiger partial charge in [-0.1, -0.05) is 0 Å². The van der Waals surface area contributed by atoms with Gasteiger partial charge >= 0.3 is 6.03 Å². The summed E-state index contributed by atoms with van der Waals surface area (Å²) in [5.74, 6) is -0.324. The predicted molar refractivity (Wildman–Crippen MR) is 44.8 cm³/mol. The van der Waals surface area contributed by atoms with Gasteiger partial charge in [0.2, 0.25) is 0 Å². The lowest BCUT2D eigenvalue weighted by atomic mass is 10.2. The normalized spacial score (nSPS) is 31.3. The number of urea groups is 1. The number of hydrogen-bond acceptors (Lipinski definition) is 4. The highest BCUT2D eigenvalue weighted by Gasteiger charge is 2.41. The van der Waals surface area contributed by atoms with E-state index in [0.717, 1.165) is 0 Å². The van der Waals surface area contributed by atoms with Gasteiger partial charge in [0.1, 0.15) is 0 Å². The molecule has 0 aromatic heterocycles. The van der Waals surface area contributed by atoms with Crippen LogP contribution in [0.1, 0.15) is 0 Å². The number of nitrogens with zero attached hydrogens (tertiary/aromatic N) is 2. The summed E-state index contributed by atoms with van der Waals surface area (Å²) in [4.78, 5) is 27.9. The van der Waals surface area contributed by atoms with E-state index in [9.17, 15) is 9.59 Å². The zero-order chi connectivity index (χ0) is 9.42. The van der Waals surface area contributed by atoms with E-state index in [0.29, 0.717) is 6.54 Å². The van der Waals surface area contributed by atoms with Crippen molar-refractivity contribution in [2.45, 2.75) is 12.2 Å². The zero-order valence-corrected chi connectivity index (χ0v) is 6.86. The van der Waals surface area contributed by atoms with Gasteiger partial charge < -0.3 is 10.2 Å². The number of carbonyl (C=O) groups is 2. The minimum absolute atomic E-state index is 0.324. The molecule has 69 valence electrons. The molecule has 0 aromatic carbocycles. The van der Waals surface area contributed by atoms with Crippen molar-refractivity contribution in [1.29, 1.82) is 0 Å². The fourth-order valence-corrected chi connectivity index (χ4v) is 1.46. The Bertz CT molecular complexity index is 288. The summed E-state index contributed by atoms with van der Waals surface area (Å²) in [5, 5.41) is 4.71. The summed E-state index contributed by atoms with van der Waals surface area (Å²) >= 11 is 0. The van der Waals surface area contributed by atoms with Gasteiger partial charge in [0, 0.05) is 6.54 Å². The van der Waals surface area contributed by atoms with Crippen LogP contribution in [0.25, 0.3) is 0 Å². The molecule has 2 aliphatic heterocycles. The number of imide groups is 1. The molecule has 3 amide bonds. The number of fused-ring (bicyclic) bond motifs is 1. The van der Waals surface area contributed by atoms with Crippen LogP contribution in [0.5, 0.6) is 0 Å². The fraction of sp³-hybridized carbons (Fsp3) is 0.429. The molecule has 13 heavy (non-hydrogen) atoms. The molecule has 2 N–H and O–H groups in total. The smallest absolute Gasteiger partial charge is 0.323 e. The van der Waals surface area contributed by atoms with E-state index >= 15 is 0 Å². The van der Waals surface area contributed by atoms with Crippen LogP contribution in [-0.2, 0) is 4.79 Å². The molecular formula is C7H9N4O2. The second-order valence-electron chi connectivity index (χ2n) is 2.85. The second kappa shape index (κ2) is 2.72. The van der Waals surface area contributed by atoms with E-state index < -0.39 is 18.2 Å². The van der Waals surface area contributed by atoms with E-state index in [2.05, 4.69) is 22.5 Å². The van der Waals surface area contributed by atoms with Crippen molar-refractivity contribution in [3.63, 3.8) is 0 Å².